The Morgan fingerprint density at radius 1 is 0.409 bits per heavy atom. The molecule has 0 aliphatic carbocycles. The van der Waals surface area contributed by atoms with Gasteiger partial charge in [-0.15, -0.1) is 0 Å². The number of aromatic nitrogens is 2. The van der Waals surface area contributed by atoms with Crippen LogP contribution in [0.4, 0.5) is 22.9 Å². The Hall–Kier alpha value is -6.14. The molecule has 6 nitrogen and oxygen atoms in total. The first-order valence-electron chi connectivity index (χ1n) is 14.4. The zero-order valence-electron chi connectivity index (χ0n) is 23.6. The van der Waals surface area contributed by atoms with Gasteiger partial charge in [0.25, 0.3) is 0 Å². The zero-order valence-corrected chi connectivity index (χ0v) is 23.6. The molecule has 44 heavy (non-hydrogen) atoms. The summed E-state index contributed by atoms with van der Waals surface area (Å²) in [6.45, 7) is 0. The fourth-order valence-electron chi connectivity index (χ4n) is 5.56. The van der Waals surface area contributed by atoms with Gasteiger partial charge >= 0.3 is 0 Å². The van der Waals surface area contributed by atoms with Crippen LogP contribution in [0, 0.1) is 0 Å². The predicted molar refractivity (Wildman–Crippen MR) is 177 cm³/mol. The van der Waals surface area contributed by atoms with Crippen LogP contribution < -0.4 is 19.5 Å². The summed E-state index contributed by atoms with van der Waals surface area (Å²) in [5.41, 5.74) is 7.27. The number of fused-ring (bicyclic) bond motifs is 4. The van der Waals surface area contributed by atoms with E-state index >= 15 is 0 Å². The van der Waals surface area contributed by atoms with Crippen molar-refractivity contribution in [2.75, 3.05) is 10.0 Å². The maximum absolute atomic E-state index is 6.45. The number of hydrogen-bond donors (Lipinski definition) is 0. The molecule has 210 valence electrons. The van der Waals surface area contributed by atoms with E-state index in [0.717, 1.165) is 45.1 Å². The number of ether oxygens (including phenoxy) is 2. The lowest BCUT2D eigenvalue weighted by Gasteiger charge is -2.39. The Labute approximate surface area is 255 Å². The third kappa shape index (κ3) is 4.74. The molecule has 8 rings (SSSR count). The minimum atomic E-state index is 0.525. The quantitative estimate of drug-likeness (QED) is 0.206. The molecule has 2 aliphatic rings. The highest BCUT2D eigenvalue weighted by Gasteiger charge is 2.30. The van der Waals surface area contributed by atoms with Crippen LogP contribution in [0.15, 0.2) is 134 Å². The second-order valence-corrected chi connectivity index (χ2v) is 10.4. The van der Waals surface area contributed by atoms with Gasteiger partial charge < -0.3 is 9.47 Å². The smallest absolute Gasteiger partial charge is 0.219 e. The number of para-hydroxylation sites is 2. The Morgan fingerprint density at radius 2 is 1.02 bits per heavy atom. The summed E-state index contributed by atoms with van der Waals surface area (Å²) >= 11 is 0. The third-order valence-electron chi connectivity index (χ3n) is 7.56. The first-order chi connectivity index (χ1) is 21.8. The van der Waals surface area contributed by atoms with Gasteiger partial charge in [0.05, 0.1) is 17.1 Å². The number of hydrazine groups is 1. The van der Waals surface area contributed by atoms with Crippen molar-refractivity contribution in [1.29, 1.82) is 0 Å². The van der Waals surface area contributed by atoms with Crippen molar-refractivity contribution in [1.82, 2.24) is 9.97 Å². The minimum absolute atomic E-state index is 0.525. The lowest BCUT2D eigenvalue weighted by atomic mass is 10.1. The number of rotatable bonds is 5. The minimum Gasteiger partial charge on any atom is -0.457 e. The van der Waals surface area contributed by atoms with Gasteiger partial charge in [0.1, 0.15) is 17.2 Å². The van der Waals surface area contributed by atoms with Crippen LogP contribution in [0.3, 0.4) is 0 Å². The fourth-order valence-corrected chi connectivity index (χ4v) is 5.56. The van der Waals surface area contributed by atoms with Gasteiger partial charge in [-0.3, -0.25) is 0 Å². The van der Waals surface area contributed by atoms with Crippen LogP contribution in [0.1, 0.15) is 22.3 Å². The Kier molecular flexibility index (Phi) is 6.35. The van der Waals surface area contributed by atoms with E-state index in [9.17, 15) is 0 Å². The molecule has 6 heteroatoms. The van der Waals surface area contributed by atoms with Crippen molar-refractivity contribution < 1.29 is 9.47 Å². The standard InChI is InChI=1S/C38H26N4O2/c1-3-14-34-27(9-1)17-18-29-21-22-33(43-31-12-7-13-32(25-31)44-37-16-5-6-23-39-37)26-36(29)41(34)42-35-15-4-2-10-28(35)19-20-30-11-8-24-40-38(30)42/h1-26H. The van der Waals surface area contributed by atoms with Gasteiger partial charge in [-0.2, -0.15) is 0 Å². The van der Waals surface area contributed by atoms with Gasteiger partial charge in [-0.05, 0) is 54.6 Å². The molecule has 0 bridgehead atoms. The molecule has 6 aromatic rings. The largest absolute Gasteiger partial charge is 0.457 e. The maximum Gasteiger partial charge on any atom is 0.219 e. The number of hydrogen-bond acceptors (Lipinski definition) is 6. The van der Waals surface area contributed by atoms with Crippen molar-refractivity contribution >= 4 is 47.2 Å². The van der Waals surface area contributed by atoms with Crippen molar-refractivity contribution in [2.24, 2.45) is 0 Å². The molecule has 2 aliphatic heterocycles. The predicted octanol–water partition coefficient (Wildman–Crippen LogP) is 9.92. The summed E-state index contributed by atoms with van der Waals surface area (Å²) < 4.78 is 12.4. The van der Waals surface area contributed by atoms with Crippen LogP contribution in [-0.4, -0.2) is 9.97 Å². The van der Waals surface area contributed by atoms with E-state index in [1.54, 1.807) is 6.20 Å². The molecule has 0 unspecified atom stereocenters. The van der Waals surface area contributed by atoms with Crippen LogP contribution in [0.5, 0.6) is 23.1 Å². The molecule has 4 heterocycles. The van der Waals surface area contributed by atoms with Crippen molar-refractivity contribution in [3.05, 3.63) is 156 Å². The van der Waals surface area contributed by atoms with Crippen molar-refractivity contribution in [3.8, 4) is 23.1 Å². The molecular formula is C38H26N4O2. The van der Waals surface area contributed by atoms with Crippen molar-refractivity contribution in [3.63, 3.8) is 0 Å². The highest BCUT2D eigenvalue weighted by molar-refractivity contribution is 5.96. The van der Waals surface area contributed by atoms with E-state index in [4.69, 9.17) is 14.5 Å². The van der Waals surface area contributed by atoms with Gasteiger partial charge in [-0.25, -0.2) is 20.0 Å². The van der Waals surface area contributed by atoms with Crippen molar-refractivity contribution in [2.45, 2.75) is 0 Å². The van der Waals surface area contributed by atoms with E-state index in [-0.39, 0.29) is 0 Å². The van der Waals surface area contributed by atoms with Gasteiger partial charge in [-0.1, -0.05) is 72.8 Å². The maximum atomic E-state index is 6.45. The lowest BCUT2D eigenvalue weighted by molar-refractivity contribution is 0.449. The second-order valence-electron chi connectivity index (χ2n) is 10.4. The van der Waals surface area contributed by atoms with E-state index in [0.29, 0.717) is 23.1 Å². The average Bonchev–Trinajstić information content (AvgIpc) is 3.33. The molecule has 2 aromatic heterocycles. The highest BCUT2D eigenvalue weighted by Crippen LogP contribution is 2.46. The number of nitrogens with zero attached hydrogens (tertiary/aromatic N) is 4. The Morgan fingerprint density at radius 3 is 1.80 bits per heavy atom. The normalized spacial score (nSPS) is 12.7. The Bertz CT molecular complexity index is 2000. The van der Waals surface area contributed by atoms with Crippen LogP contribution in [-0.2, 0) is 0 Å². The first kappa shape index (κ1) is 25.6. The third-order valence-corrected chi connectivity index (χ3v) is 7.56. The Balaban J connectivity index is 1.25. The second kappa shape index (κ2) is 10.9. The summed E-state index contributed by atoms with van der Waals surface area (Å²) in [5.74, 6) is 3.36. The molecule has 0 saturated carbocycles. The van der Waals surface area contributed by atoms with Crippen LogP contribution >= 0.6 is 0 Å². The van der Waals surface area contributed by atoms with Gasteiger partial charge in [0, 0.05) is 52.8 Å². The summed E-state index contributed by atoms with van der Waals surface area (Å²) in [5, 5.41) is 4.45. The van der Waals surface area contributed by atoms with Gasteiger partial charge in [0.15, 0.2) is 5.82 Å². The molecule has 4 aromatic carbocycles. The number of benzene rings is 4. The summed E-state index contributed by atoms with van der Waals surface area (Å²) in [4.78, 5) is 9.17. The summed E-state index contributed by atoms with van der Waals surface area (Å²) in [6, 6.07) is 40.2. The van der Waals surface area contributed by atoms with E-state index < -0.39 is 0 Å². The van der Waals surface area contributed by atoms with E-state index in [1.165, 1.54) is 0 Å². The monoisotopic (exact) mass is 570 g/mol. The van der Waals surface area contributed by atoms with E-state index in [1.807, 2.05) is 60.8 Å². The number of anilines is 4. The van der Waals surface area contributed by atoms with Gasteiger partial charge in [0.2, 0.25) is 5.88 Å². The average molecular weight is 571 g/mol. The number of pyridine rings is 2. The summed E-state index contributed by atoms with van der Waals surface area (Å²) in [7, 11) is 0. The SMILES string of the molecule is C1=Cc2ccc(Oc3cccc(Oc4ccccn4)c3)cc2N(N2c3ccccc3C=Cc3cccnc32)c2ccccc21. The van der Waals surface area contributed by atoms with Crippen LogP contribution in [0.25, 0.3) is 24.3 Å². The molecule has 0 radical (unpaired) electrons. The molecule has 0 atom stereocenters. The molecular weight excluding hydrogens is 544 g/mol. The fraction of sp³-hybridized carbons (Fsp3) is 0. The summed E-state index contributed by atoms with van der Waals surface area (Å²) in [6.07, 6.45) is 12.1. The zero-order chi connectivity index (χ0) is 29.3. The first-order valence-corrected chi connectivity index (χ1v) is 14.4. The molecule has 0 amide bonds. The topological polar surface area (TPSA) is 50.7 Å². The molecule has 0 N–H and O–H groups in total. The molecule has 0 spiro atoms. The van der Waals surface area contributed by atoms with Crippen LogP contribution in [0.2, 0.25) is 0 Å². The molecule has 0 saturated heterocycles. The van der Waals surface area contributed by atoms with E-state index in [2.05, 4.69) is 106 Å². The molecule has 0 fully saturated rings. The lowest BCUT2D eigenvalue weighted by Crippen LogP contribution is -2.37. The highest BCUT2D eigenvalue weighted by atomic mass is 16.5.